The zero-order chi connectivity index (χ0) is 15.1. The Hall–Kier alpha value is -1.92. The smallest absolute Gasteiger partial charge is 0.304 e. The molecule has 3 rings (SSSR count). The summed E-state index contributed by atoms with van der Waals surface area (Å²) in [6.45, 7) is 3.69. The normalized spacial score (nSPS) is 18.6. The molecule has 0 saturated carbocycles. The van der Waals surface area contributed by atoms with E-state index in [-0.39, 0.29) is 16.7 Å². The molecule has 110 valence electrons. The first-order valence-electron chi connectivity index (χ1n) is 6.82. The lowest BCUT2D eigenvalue weighted by molar-refractivity contribution is -0.383. The van der Waals surface area contributed by atoms with Crippen molar-refractivity contribution in [2.45, 2.75) is 32.4 Å². The lowest BCUT2D eigenvalue weighted by atomic mass is 10.1. The van der Waals surface area contributed by atoms with Crippen LogP contribution in [-0.4, -0.2) is 16.1 Å². The Bertz CT molecular complexity index is 696. The van der Waals surface area contributed by atoms with Crippen LogP contribution in [0.1, 0.15) is 30.4 Å². The Morgan fingerprint density at radius 3 is 2.86 bits per heavy atom. The van der Waals surface area contributed by atoms with Crippen molar-refractivity contribution in [2.24, 2.45) is 0 Å². The van der Waals surface area contributed by atoms with E-state index in [0.717, 1.165) is 12.1 Å². The number of benzene rings is 1. The second kappa shape index (κ2) is 5.13. The molecule has 0 saturated heterocycles. The number of rotatable bonds is 3. The quantitative estimate of drug-likeness (QED) is 0.692. The maximum absolute atomic E-state index is 11.3. The second-order valence-electron chi connectivity index (χ2n) is 5.32. The molecule has 1 unspecified atom stereocenters. The largest absolute Gasteiger partial charge is 0.388 e. The lowest BCUT2D eigenvalue weighted by Gasteiger charge is -2.22. The highest BCUT2D eigenvalue weighted by Crippen LogP contribution is 2.47. The fourth-order valence-electron chi connectivity index (χ4n) is 2.77. The summed E-state index contributed by atoms with van der Waals surface area (Å²) in [6, 6.07) is 9.63. The van der Waals surface area contributed by atoms with Crippen LogP contribution in [0.5, 0.6) is 0 Å². The monoisotopic (exact) mass is 304 g/mol. The SMILES string of the molecule is CC1Cc2ccccc2N1c1sc([C@H](C)O)cc1[N+](=O)[O-]. The van der Waals surface area contributed by atoms with Crippen LogP contribution in [0.2, 0.25) is 0 Å². The Balaban J connectivity index is 2.14. The van der Waals surface area contributed by atoms with Gasteiger partial charge in [0.25, 0.3) is 0 Å². The molecule has 1 aromatic heterocycles. The van der Waals surface area contributed by atoms with E-state index >= 15 is 0 Å². The fraction of sp³-hybridized carbons (Fsp3) is 0.333. The van der Waals surface area contributed by atoms with Crippen LogP contribution in [0, 0.1) is 10.1 Å². The van der Waals surface area contributed by atoms with Gasteiger partial charge in [0, 0.05) is 22.7 Å². The fourth-order valence-corrected chi connectivity index (χ4v) is 3.95. The molecular formula is C15H16N2O3S. The van der Waals surface area contributed by atoms with Gasteiger partial charge in [-0.3, -0.25) is 10.1 Å². The summed E-state index contributed by atoms with van der Waals surface area (Å²) in [5.41, 5.74) is 2.29. The van der Waals surface area contributed by atoms with Gasteiger partial charge in [-0.2, -0.15) is 0 Å². The van der Waals surface area contributed by atoms with E-state index in [4.69, 9.17) is 0 Å². The van der Waals surface area contributed by atoms with Crippen LogP contribution in [0.4, 0.5) is 16.4 Å². The first-order valence-corrected chi connectivity index (χ1v) is 7.64. The van der Waals surface area contributed by atoms with Gasteiger partial charge >= 0.3 is 5.69 Å². The molecule has 2 atom stereocenters. The standard InChI is InChI=1S/C15H16N2O3S/c1-9-7-11-5-3-4-6-12(11)16(9)15-13(17(19)20)8-14(21-15)10(2)18/h3-6,8-10,18H,7H2,1-2H3/t9?,10-/m0/s1. The van der Waals surface area contributed by atoms with E-state index in [1.165, 1.54) is 23.0 Å². The van der Waals surface area contributed by atoms with Gasteiger partial charge < -0.3 is 10.0 Å². The third-order valence-electron chi connectivity index (χ3n) is 3.75. The molecule has 1 aliphatic rings. The van der Waals surface area contributed by atoms with Gasteiger partial charge in [-0.25, -0.2) is 0 Å². The van der Waals surface area contributed by atoms with Crippen LogP contribution < -0.4 is 4.90 Å². The molecule has 0 radical (unpaired) electrons. The van der Waals surface area contributed by atoms with Crippen LogP contribution in [0.15, 0.2) is 30.3 Å². The van der Waals surface area contributed by atoms with Crippen LogP contribution in [0.3, 0.4) is 0 Å². The van der Waals surface area contributed by atoms with Crippen molar-refractivity contribution in [2.75, 3.05) is 4.90 Å². The summed E-state index contributed by atoms with van der Waals surface area (Å²) in [7, 11) is 0. The number of hydrogen-bond acceptors (Lipinski definition) is 5. The highest BCUT2D eigenvalue weighted by molar-refractivity contribution is 7.16. The minimum Gasteiger partial charge on any atom is -0.388 e. The molecule has 1 aromatic carbocycles. The van der Waals surface area contributed by atoms with Gasteiger partial charge in [-0.05, 0) is 31.9 Å². The number of nitrogens with zero attached hydrogens (tertiary/aromatic N) is 2. The van der Waals surface area contributed by atoms with Crippen LogP contribution in [0.25, 0.3) is 0 Å². The number of hydrogen-bond donors (Lipinski definition) is 1. The predicted octanol–water partition coefficient (Wildman–Crippen LogP) is 3.79. The topological polar surface area (TPSA) is 66.6 Å². The van der Waals surface area contributed by atoms with Gasteiger partial charge in [0.15, 0.2) is 5.00 Å². The van der Waals surface area contributed by atoms with Gasteiger partial charge in [0.2, 0.25) is 0 Å². The molecule has 2 aromatic rings. The number of nitro groups is 1. The molecule has 6 heteroatoms. The summed E-state index contributed by atoms with van der Waals surface area (Å²) in [4.78, 5) is 13.6. The number of para-hydroxylation sites is 1. The molecule has 0 amide bonds. The summed E-state index contributed by atoms with van der Waals surface area (Å²) < 4.78 is 0. The Labute approximate surface area is 126 Å². The molecule has 5 nitrogen and oxygen atoms in total. The average Bonchev–Trinajstić information content (AvgIpc) is 2.98. The maximum atomic E-state index is 11.3. The highest BCUT2D eigenvalue weighted by atomic mass is 32.1. The Morgan fingerprint density at radius 1 is 1.48 bits per heavy atom. The molecular weight excluding hydrogens is 288 g/mol. The predicted molar refractivity (Wildman–Crippen MR) is 83.4 cm³/mol. The summed E-state index contributed by atoms with van der Waals surface area (Å²) in [5.74, 6) is 0. The van der Waals surface area contributed by atoms with E-state index in [2.05, 4.69) is 13.0 Å². The third-order valence-corrected chi connectivity index (χ3v) is 5.04. The number of fused-ring (bicyclic) bond motifs is 1. The second-order valence-corrected chi connectivity index (χ2v) is 6.39. The number of aliphatic hydroxyl groups is 1. The molecule has 0 bridgehead atoms. The first-order chi connectivity index (χ1) is 9.99. The van der Waals surface area contributed by atoms with E-state index in [0.29, 0.717) is 9.88 Å². The van der Waals surface area contributed by atoms with Crippen molar-refractivity contribution in [3.63, 3.8) is 0 Å². The van der Waals surface area contributed by atoms with E-state index in [9.17, 15) is 15.2 Å². The third kappa shape index (κ3) is 2.30. The van der Waals surface area contributed by atoms with Gasteiger partial charge in [-0.1, -0.05) is 18.2 Å². The van der Waals surface area contributed by atoms with Crippen molar-refractivity contribution in [3.05, 3.63) is 50.9 Å². The molecule has 0 aliphatic carbocycles. The molecule has 21 heavy (non-hydrogen) atoms. The van der Waals surface area contributed by atoms with E-state index in [1.54, 1.807) is 6.92 Å². The molecule has 1 aliphatic heterocycles. The summed E-state index contributed by atoms with van der Waals surface area (Å²) in [5, 5.41) is 21.7. The number of thiophene rings is 1. The first kappa shape index (κ1) is 14.0. The van der Waals surface area contributed by atoms with Crippen molar-refractivity contribution < 1.29 is 10.0 Å². The van der Waals surface area contributed by atoms with Gasteiger partial charge in [0.05, 0.1) is 11.0 Å². The zero-order valence-corrected chi connectivity index (χ0v) is 12.6. The maximum Gasteiger partial charge on any atom is 0.304 e. The van der Waals surface area contributed by atoms with Crippen molar-refractivity contribution in [1.82, 2.24) is 0 Å². The van der Waals surface area contributed by atoms with E-state index < -0.39 is 6.10 Å². The molecule has 0 fully saturated rings. The molecule has 2 heterocycles. The number of aliphatic hydroxyl groups excluding tert-OH is 1. The van der Waals surface area contributed by atoms with Crippen molar-refractivity contribution >= 4 is 27.7 Å². The van der Waals surface area contributed by atoms with Crippen molar-refractivity contribution in [1.29, 1.82) is 0 Å². The Kier molecular flexibility index (Phi) is 3.43. The lowest BCUT2D eigenvalue weighted by Crippen LogP contribution is -2.23. The Morgan fingerprint density at radius 2 is 2.19 bits per heavy atom. The van der Waals surface area contributed by atoms with Crippen LogP contribution in [-0.2, 0) is 6.42 Å². The molecule has 1 N–H and O–H groups in total. The highest BCUT2D eigenvalue weighted by Gasteiger charge is 2.34. The summed E-state index contributed by atoms with van der Waals surface area (Å²) >= 11 is 1.29. The van der Waals surface area contributed by atoms with Gasteiger partial charge in [-0.15, -0.1) is 11.3 Å². The minimum absolute atomic E-state index is 0.0689. The average molecular weight is 304 g/mol. The summed E-state index contributed by atoms with van der Waals surface area (Å²) in [6.07, 6.45) is 0.172. The van der Waals surface area contributed by atoms with Crippen molar-refractivity contribution in [3.8, 4) is 0 Å². The van der Waals surface area contributed by atoms with E-state index in [1.807, 2.05) is 23.1 Å². The molecule has 0 spiro atoms. The minimum atomic E-state index is -0.699. The number of anilines is 2. The van der Waals surface area contributed by atoms with Crippen LogP contribution >= 0.6 is 11.3 Å². The zero-order valence-electron chi connectivity index (χ0n) is 11.8. The van der Waals surface area contributed by atoms with Gasteiger partial charge in [0.1, 0.15) is 0 Å².